The zero-order valence-electron chi connectivity index (χ0n) is 9.04. The van der Waals surface area contributed by atoms with Gasteiger partial charge in [-0.05, 0) is 0 Å². The molecule has 0 aliphatic heterocycles. The van der Waals surface area contributed by atoms with Crippen molar-refractivity contribution in [1.82, 2.24) is 4.98 Å². The molecule has 1 aromatic rings. The predicted molar refractivity (Wildman–Crippen MR) is 52.8 cm³/mol. The van der Waals surface area contributed by atoms with E-state index in [0.717, 1.165) is 13.3 Å². The molecule has 0 saturated heterocycles. The average molecular weight is 248 g/mol. The van der Waals surface area contributed by atoms with Gasteiger partial charge in [0.25, 0.3) is 6.43 Å². The topological polar surface area (TPSA) is 65.2 Å². The molecule has 0 aliphatic carbocycles. The van der Waals surface area contributed by atoms with E-state index in [1.807, 2.05) is 0 Å². The van der Waals surface area contributed by atoms with Crippen LogP contribution in [0.15, 0.2) is 6.20 Å². The van der Waals surface area contributed by atoms with Crippen LogP contribution < -0.4 is 5.73 Å². The standard InChI is InChI=1S/C10H11F3N2O2/c1-17-7(16)2-5-4-15-9(10(12)13)6(3-14)8(5)11/h4,10H,2-3,14H2,1H3. The highest BCUT2D eigenvalue weighted by molar-refractivity contribution is 5.72. The van der Waals surface area contributed by atoms with Crippen LogP contribution in [-0.4, -0.2) is 18.1 Å². The molecule has 0 aliphatic rings. The van der Waals surface area contributed by atoms with E-state index in [2.05, 4.69) is 9.72 Å². The van der Waals surface area contributed by atoms with Crippen LogP contribution in [0.3, 0.4) is 0 Å². The lowest BCUT2D eigenvalue weighted by Gasteiger charge is -2.10. The van der Waals surface area contributed by atoms with E-state index in [1.165, 1.54) is 0 Å². The molecule has 94 valence electrons. The van der Waals surface area contributed by atoms with E-state index in [0.29, 0.717) is 0 Å². The first kappa shape index (κ1) is 13.4. The van der Waals surface area contributed by atoms with Crippen molar-refractivity contribution in [1.29, 1.82) is 0 Å². The summed E-state index contributed by atoms with van der Waals surface area (Å²) in [4.78, 5) is 14.4. The number of esters is 1. The molecule has 0 spiro atoms. The Morgan fingerprint density at radius 3 is 2.71 bits per heavy atom. The summed E-state index contributed by atoms with van der Waals surface area (Å²) in [5, 5.41) is 0. The van der Waals surface area contributed by atoms with Crippen LogP contribution in [0.4, 0.5) is 13.2 Å². The van der Waals surface area contributed by atoms with Gasteiger partial charge in [-0.3, -0.25) is 9.78 Å². The van der Waals surface area contributed by atoms with Crippen molar-refractivity contribution in [2.45, 2.75) is 19.4 Å². The monoisotopic (exact) mass is 248 g/mol. The zero-order valence-corrected chi connectivity index (χ0v) is 9.04. The van der Waals surface area contributed by atoms with Gasteiger partial charge in [-0.2, -0.15) is 0 Å². The fourth-order valence-electron chi connectivity index (χ4n) is 1.32. The number of pyridine rings is 1. The molecular formula is C10H11F3N2O2. The highest BCUT2D eigenvalue weighted by Crippen LogP contribution is 2.24. The third-order valence-electron chi connectivity index (χ3n) is 2.19. The number of ether oxygens (including phenoxy) is 1. The maximum Gasteiger partial charge on any atom is 0.310 e. The first-order chi connectivity index (χ1) is 8.01. The van der Waals surface area contributed by atoms with Crippen molar-refractivity contribution in [2.75, 3.05) is 7.11 Å². The van der Waals surface area contributed by atoms with Crippen LogP contribution in [0.5, 0.6) is 0 Å². The molecule has 0 aromatic carbocycles. The van der Waals surface area contributed by atoms with E-state index in [9.17, 15) is 18.0 Å². The van der Waals surface area contributed by atoms with Crippen molar-refractivity contribution < 1.29 is 22.7 Å². The summed E-state index contributed by atoms with van der Waals surface area (Å²) in [5.41, 5.74) is 4.01. The van der Waals surface area contributed by atoms with E-state index in [4.69, 9.17) is 5.73 Å². The molecule has 0 amide bonds. The summed E-state index contributed by atoms with van der Waals surface area (Å²) in [6, 6.07) is 0. The van der Waals surface area contributed by atoms with Crippen LogP contribution in [0.25, 0.3) is 0 Å². The number of aromatic nitrogens is 1. The molecule has 4 nitrogen and oxygen atoms in total. The number of methoxy groups -OCH3 is 1. The number of carbonyl (C=O) groups excluding carboxylic acids is 1. The number of nitrogens with zero attached hydrogens (tertiary/aromatic N) is 1. The van der Waals surface area contributed by atoms with Crippen LogP contribution in [0.2, 0.25) is 0 Å². The van der Waals surface area contributed by atoms with Gasteiger partial charge in [0, 0.05) is 23.9 Å². The zero-order chi connectivity index (χ0) is 13.0. The quantitative estimate of drug-likeness (QED) is 0.816. The van der Waals surface area contributed by atoms with Gasteiger partial charge in [0.15, 0.2) is 0 Å². The number of nitrogens with two attached hydrogens (primary N) is 1. The Morgan fingerprint density at radius 1 is 1.59 bits per heavy atom. The van der Waals surface area contributed by atoms with E-state index >= 15 is 0 Å². The van der Waals surface area contributed by atoms with Crippen LogP contribution in [0, 0.1) is 5.82 Å². The average Bonchev–Trinajstić information content (AvgIpc) is 2.30. The van der Waals surface area contributed by atoms with Gasteiger partial charge < -0.3 is 10.5 Å². The Bertz CT molecular complexity index is 424. The van der Waals surface area contributed by atoms with Gasteiger partial charge in [-0.15, -0.1) is 0 Å². The first-order valence-corrected chi connectivity index (χ1v) is 4.72. The highest BCUT2D eigenvalue weighted by atomic mass is 19.3. The normalized spacial score (nSPS) is 10.7. The third kappa shape index (κ3) is 2.94. The summed E-state index contributed by atoms with van der Waals surface area (Å²) in [7, 11) is 1.14. The molecule has 1 aromatic heterocycles. The second-order valence-electron chi connectivity index (χ2n) is 3.22. The summed E-state index contributed by atoms with van der Waals surface area (Å²) >= 11 is 0. The smallest absolute Gasteiger partial charge is 0.310 e. The van der Waals surface area contributed by atoms with Crippen LogP contribution >= 0.6 is 0 Å². The van der Waals surface area contributed by atoms with Crippen LogP contribution in [-0.2, 0) is 22.5 Å². The highest BCUT2D eigenvalue weighted by Gasteiger charge is 2.21. The van der Waals surface area contributed by atoms with Gasteiger partial charge in [0.1, 0.15) is 11.5 Å². The van der Waals surface area contributed by atoms with E-state index < -0.39 is 30.5 Å². The van der Waals surface area contributed by atoms with Crippen molar-refractivity contribution in [3.8, 4) is 0 Å². The minimum absolute atomic E-state index is 0.110. The van der Waals surface area contributed by atoms with Crippen molar-refractivity contribution in [3.05, 3.63) is 28.8 Å². The Kier molecular flexibility index (Phi) is 4.45. The summed E-state index contributed by atoms with van der Waals surface area (Å²) in [5.74, 6) is -1.61. The van der Waals surface area contributed by atoms with Gasteiger partial charge in [0.2, 0.25) is 0 Å². The molecule has 7 heteroatoms. The fourth-order valence-corrected chi connectivity index (χ4v) is 1.32. The molecule has 17 heavy (non-hydrogen) atoms. The van der Waals surface area contributed by atoms with Gasteiger partial charge in [-0.1, -0.05) is 0 Å². The lowest BCUT2D eigenvalue weighted by atomic mass is 10.1. The molecule has 2 N–H and O–H groups in total. The lowest BCUT2D eigenvalue weighted by molar-refractivity contribution is -0.139. The Balaban J connectivity index is 3.15. The second kappa shape index (κ2) is 5.62. The third-order valence-corrected chi connectivity index (χ3v) is 2.19. The number of hydrogen-bond donors (Lipinski definition) is 1. The number of halogens is 3. The molecule has 0 atom stereocenters. The maximum absolute atomic E-state index is 13.7. The molecule has 0 bridgehead atoms. The molecule has 0 saturated carbocycles. The van der Waals surface area contributed by atoms with Gasteiger partial charge in [0.05, 0.1) is 13.5 Å². The SMILES string of the molecule is COC(=O)Cc1cnc(C(F)F)c(CN)c1F. The molecule has 1 rings (SSSR count). The fraction of sp³-hybridized carbons (Fsp3) is 0.400. The van der Waals surface area contributed by atoms with E-state index in [1.54, 1.807) is 0 Å². The molecule has 0 radical (unpaired) electrons. The number of carbonyl (C=O) groups is 1. The number of rotatable bonds is 4. The minimum Gasteiger partial charge on any atom is -0.469 e. The van der Waals surface area contributed by atoms with Gasteiger partial charge in [-0.25, -0.2) is 13.2 Å². The van der Waals surface area contributed by atoms with Gasteiger partial charge >= 0.3 is 5.97 Å². The maximum atomic E-state index is 13.7. The Labute approximate surface area is 95.6 Å². The largest absolute Gasteiger partial charge is 0.469 e. The predicted octanol–water partition coefficient (Wildman–Crippen LogP) is 1.33. The molecule has 1 heterocycles. The first-order valence-electron chi connectivity index (χ1n) is 4.72. The van der Waals surface area contributed by atoms with Crippen molar-refractivity contribution in [3.63, 3.8) is 0 Å². The number of hydrogen-bond acceptors (Lipinski definition) is 4. The van der Waals surface area contributed by atoms with Crippen molar-refractivity contribution in [2.24, 2.45) is 5.73 Å². The Morgan fingerprint density at radius 2 is 2.24 bits per heavy atom. The molecule has 0 unspecified atom stereocenters. The van der Waals surface area contributed by atoms with Crippen molar-refractivity contribution >= 4 is 5.97 Å². The summed E-state index contributed by atoms with van der Waals surface area (Å²) in [6.07, 6.45) is -2.38. The summed E-state index contributed by atoms with van der Waals surface area (Å²) in [6.45, 7) is -0.409. The molecule has 0 fully saturated rings. The lowest BCUT2D eigenvalue weighted by Crippen LogP contribution is -2.13. The second-order valence-corrected chi connectivity index (χ2v) is 3.22. The van der Waals surface area contributed by atoms with Crippen LogP contribution in [0.1, 0.15) is 23.2 Å². The summed E-state index contributed by atoms with van der Waals surface area (Å²) < 4.78 is 43.0. The number of alkyl halides is 2. The Hall–Kier alpha value is -1.63. The minimum atomic E-state index is -2.91. The molecular weight excluding hydrogens is 237 g/mol. The van der Waals surface area contributed by atoms with E-state index in [-0.39, 0.29) is 17.5 Å².